The van der Waals surface area contributed by atoms with Gasteiger partial charge in [-0.25, -0.2) is 0 Å². The molecule has 1 aromatic rings. The van der Waals surface area contributed by atoms with Gasteiger partial charge in [0.15, 0.2) is 11.5 Å². The third-order valence-corrected chi connectivity index (χ3v) is 9.42. The average Bonchev–Trinajstić information content (AvgIpc) is 3.13. The van der Waals surface area contributed by atoms with E-state index in [4.69, 9.17) is 23.3 Å². The molecule has 0 spiro atoms. The zero-order chi connectivity index (χ0) is 23.1. The molecule has 5 rings (SSSR count). The predicted octanol–water partition coefficient (Wildman–Crippen LogP) is 5.06. The molecule has 1 aromatic heterocycles. The molecule has 4 saturated carbocycles. The minimum absolute atomic E-state index is 0.0125. The molecule has 0 aliphatic heterocycles. The fourth-order valence-electron chi connectivity index (χ4n) is 6.37. The van der Waals surface area contributed by atoms with Crippen molar-refractivity contribution in [1.29, 1.82) is 0 Å². The molecule has 0 radical (unpaired) electrons. The lowest BCUT2D eigenvalue weighted by molar-refractivity contribution is -0.154. The monoisotopic (exact) mass is 468 g/mol. The summed E-state index contributed by atoms with van der Waals surface area (Å²) in [7, 11) is -3.79. The van der Waals surface area contributed by atoms with Crippen LogP contribution in [0.1, 0.15) is 84.9 Å². The van der Waals surface area contributed by atoms with E-state index in [0.717, 1.165) is 42.8 Å². The molecule has 32 heavy (non-hydrogen) atoms. The van der Waals surface area contributed by atoms with Gasteiger partial charge in [-0.15, -0.1) is 0 Å². The Hall–Kier alpha value is -1.24. The van der Waals surface area contributed by atoms with Gasteiger partial charge in [-0.1, -0.05) is 5.16 Å². The van der Waals surface area contributed by atoms with Crippen LogP contribution >= 0.6 is 7.60 Å². The summed E-state index contributed by atoms with van der Waals surface area (Å²) in [4.78, 5) is 17.8. The Kier molecular flexibility index (Phi) is 6.61. The van der Waals surface area contributed by atoms with E-state index < -0.39 is 24.8 Å². The summed E-state index contributed by atoms with van der Waals surface area (Å²) >= 11 is 0. The van der Waals surface area contributed by atoms with Crippen LogP contribution in [-0.4, -0.2) is 40.6 Å². The van der Waals surface area contributed by atoms with E-state index in [2.05, 4.69) is 5.16 Å². The molecule has 1 unspecified atom stereocenters. The summed E-state index contributed by atoms with van der Waals surface area (Å²) < 4.78 is 35.7. The number of aromatic nitrogens is 2. The minimum atomic E-state index is -3.79. The van der Waals surface area contributed by atoms with Gasteiger partial charge in [0.2, 0.25) is 5.89 Å². The molecule has 0 saturated heterocycles. The molecule has 1 atom stereocenters. The highest BCUT2D eigenvalue weighted by Crippen LogP contribution is 2.60. The van der Waals surface area contributed by atoms with Crippen LogP contribution in [0.2, 0.25) is 0 Å². The first-order valence-corrected chi connectivity index (χ1v) is 13.6. The molecule has 1 heterocycles. The van der Waals surface area contributed by atoms with E-state index in [0.29, 0.717) is 0 Å². The Labute approximate surface area is 190 Å². The molecule has 180 valence electrons. The number of carbonyl (C=O) groups excluding carboxylic acids is 1. The quantitative estimate of drug-likeness (QED) is 0.366. The fourth-order valence-corrected chi connectivity index (χ4v) is 8.22. The summed E-state index contributed by atoms with van der Waals surface area (Å²) in [5, 5.41) is 4.36. The second-order valence-electron chi connectivity index (χ2n) is 10.8. The summed E-state index contributed by atoms with van der Waals surface area (Å²) in [6.07, 6.45) is 7.30. The molecular formula is C23H37N2O6P. The first kappa shape index (κ1) is 23.9. The van der Waals surface area contributed by atoms with Gasteiger partial charge in [-0.3, -0.25) is 9.36 Å². The first-order valence-electron chi connectivity index (χ1n) is 12.0. The topological polar surface area (TPSA) is 101 Å². The Morgan fingerprint density at radius 3 is 2.09 bits per heavy atom. The van der Waals surface area contributed by atoms with Crippen LogP contribution < -0.4 is 0 Å². The normalized spacial score (nSPS) is 30.5. The molecule has 9 heteroatoms. The Balaban J connectivity index is 1.58. The summed E-state index contributed by atoms with van der Waals surface area (Å²) in [6, 6.07) is 0. The maximum absolute atomic E-state index is 13.5. The third kappa shape index (κ3) is 4.83. The van der Waals surface area contributed by atoms with Crippen molar-refractivity contribution < 1.29 is 27.7 Å². The zero-order valence-electron chi connectivity index (χ0n) is 20.0. The van der Waals surface area contributed by atoms with E-state index in [-0.39, 0.29) is 30.9 Å². The third-order valence-electron chi connectivity index (χ3n) is 7.03. The molecule has 4 bridgehead atoms. The molecular weight excluding hydrogens is 431 g/mol. The lowest BCUT2D eigenvalue weighted by atomic mass is 9.49. The van der Waals surface area contributed by atoms with Gasteiger partial charge in [-0.05, 0) is 90.9 Å². The smallest absolute Gasteiger partial charge is 0.345 e. The fraction of sp³-hybridized carbons (Fsp3) is 0.870. The second-order valence-corrected chi connectivity index (χ2v) is 13.1. The Bertz CT molecular complexity index is 831. The molecule has 0 aromatic carbocycles. The van der Waals surface area contributed by atoms with Gasteiger partial charge in [0, 0.05) is 5.41 Å². The minimum Gasteiger partial charge on any atom is -0.459 e. The van der Waals surface area contributed by atoms with Crippen LogP contribution in [0, 0.1) is 17.8 Å². The van der Waals surface area contributed by atoms with Gasteiger partial charge in [0.1, 0.15) is 5.60 Å². The number of rotatable bonds is 9. The molecule has 4 aliphatic rings. The van der Waals surface area contributed by atoms with Gasteiger partial charge in [0.05, 0.1) is 19.6 Å². The SMILES string of the molecule is CCOP(=O)(OCC)C(Cc1nc(C23CC4CC(CC(C4)C2)C3)no1)C(=O)OC(C)(C)C. The number of esters is 1. The Morgan fingerprint density at radius 1 is 1.09 bits per heavy atom. The zero-order valence-corrected chi connectivity index (χ0v) is 20.9. The highest BCUT2D eigenvalue weighted by atomic mass is 31.2. The molecule has 4 fully saturated rings. The predicted molar refractivity (Wildman–Crippen MR) is 118 cm³/mol. The van der Waals surface area contributed by atoms with Gasteiger partial charge >= 0.3 is 13.6 Å². The number of nitrogens with zero attached hydrogens (tertiary/aromatic N) is 2. The van der Waals surface area contributed by atoms with E-state index in [9.17, 15) is 9.36 Å². The van der Waals surface area contributed by atoms with Crippen molar-refractivity contribution in [2.45, 2.75) is 96.2 Å². The first-order chi connectivity index (χ1) is 15.1. The van der Waals surface area contributed by atoms with Crippen LogP contribution in [-0.2, 0) is 35.0 Å². The van der Waals surface area contributed by atoms with Crippen molar-refractivity contribution in [2.75, 3.05) is 13.2 Å². The van der Waals surface area contributed by atoms with Crippen LogP contribution in [0.3, 0.4) is 0 Å². The van der Waals surface area contributed by atoms with Crippen molar-refractivity contribution in [3.8, 4) is 0 Å². The summed E-state index contributed by atoms with van der Waals surface area (Å²) in [6.45, 7) is 9.05. The number of hydrogen-bond donors (Lipinski definition) is 0. The lowest BCUT2D eigenvalue weighted by Gasteiger charge is -2.55. The summed E-state index contributed by atoms with van der Waals surface area (Å²) in [5.41, 5.74) is -1.91. The number of hydrogen-bond acceptors (Lipinski definition) is 8. The molecule has 0 amide bonds. The van der Waals surface area contributed by atoms with Crippen LogP contribution in [0.25, 0.3) is 0 Å². The molecule has 8 nitrogen and oxygen atoms in total. The van der Waals surface area contributed by atoms with Crippen molar-refractivity contribution in [2.24, 2.45) is 17.8 Å². The molecule has 4 aliphatic carbocycles. The Morgan fingerprint density at radius 2 is 1.62 bits per heavy atom. The molecule has 0 N–H and O–H groups in total. The van der Waals surface area contributed by atoms with E-state index >= 15 is 0 Å². The lowest BCUT2D eigenvalue weighted by Crippen LogP contribution is -2.49. The van der Waals surface area contributed by atoms with E-state index in [1.165, 1.54) is 19.3 Å². The second kappa shape index (κ2) is 8.84. The summed E-state index contributed by atoms with van der Waals surface area (Å²) in [5.74, 6) is 2.66. The van der Waals surface area contributed by atoms with Crippen LogP contribution in [0.4, 0.5) is 0 Å². The highest BCUT2D eigenvalue weighted by molar-refractivity contribution is 7.55. The van der Waals surface area contributed by atoms with E-state index in [1.807, 2.05) is 0 Å². The van der Waals surface area contributed by atoms with Gasteiger partial charge in [-0.2, -0.15) is 4.98 Å². The van der Waals surface area contributed by atoms with Crippen molar-refractivity contribution in [1.82, 2.24) is 10.1 Å². The standard InChI is InChI=1S/C23H37N2O6P/c1-6-28-32(27,29-7-2)18(20(26)30-22(3,4)5)11-19-24-21(25-31-19)23-12-15-8-16(13-23)10-17(9-15)14-23/h15-18H,6-14H2,1-5H3. The number of ether oxygens (including phenoxy) is 1. The maximum Gasteiger partial charge on any atom is 0.345 e. The largest absolute Gasteiger partial charge is 0.459 e. The van der Waals surface area contributed by atoms with E-state index in [1.54, 1.807) is 34.6 Å². The average molecular weight is 469 g/mol. The maximum atomic E-state index is 13.5. The van der Waals surface area contributed by atoms with Crippen LogP contribution in [0.15, 0.2) is 4.52 Å². The number of carbonyl (C=O) groups is 1. The van der Waals surface area contributed by atoms with Crippen molar-refractivity contribution in [3.05, 3.63) is 11.7 Å². The highest BCUT2D eigenvalue weighted by Gasteiger charge is 2.54. The van der Waals surface area contributed by atoms with Gasteiger partial charge < -0.3 is 18.3 Å². The van der Waals surface area contributed by atoms with Crippen molar-refractivity contribution >= 4 is 13.6 Å². The van der Waals surface area contributed by atoms with Crippen molar-refractivity contribution in [3.63, 3.8) is 0 Å². The van der Waals surface area contributed by atoms with Gasteiger partial charge in [0.25, 0.3) is 0 Å². The van der Waals surface area contributed by atoms with Crippen LogP contribution in [0.5, 0.6) is 0 Å².